The second-order valence-electron chi connectivity index (χ2n) is 3.70. The molecule has 0 atom stereocenters. The van der Waals surface area contributed by atoms with E-state index in [1.165, 1.54) is 18.2 Å². The van der Waals surface area contributed by atoms with Gasteiger partial charge in [-0.15, -0.1) is 0 Å². The maximum Gasteiger partial charge on any atom is 0.256 e. The number of nitrogens with one attached hydrogen (secondary N) is 1. The van der Waals surface area contributed by atoms with Crippen LogP contribution in [-0.4, -0.2) is 5.91 Å². The normalized spacial score (nSPS) is 10.3. The van der Waals surface area contributed by atoms with E-state index in [1.807, 2.05) is 22.6 Å². The van der Waals surface area contributed by atoms with Gasteiger partial charge in [-0.1, -0.05) is 23.2 Å². The molecule has 2 rings (SSSR count). The number of carbonyl (C=O) groups excluding carboxylic acids is 1. The van der Waals surface area contributed by atoms with E-state index in [1.54, 1.807) is 18.2 Å². The van der Waals surface area contributed by atoms with Gasteiger partial charge in [0, 0.05) is 8.59 Å². The fourth-order valence-corrected chi connectivity index (χ4v) is 2.52. The summed E-state index contributed by atoms with van der Waals surface area (Å²) in [6, 6.07) is 8.71. The first-order chi connectivity index (χ1) is 8.97. The Hall–Kier alpha value is -0.850. The van der Waals surface area contributed by atoms with Crippen molar-refractivity contribution in [3.63, 3.8) is 0 Å². The van der Waals surface area contributed by atoms with Crippen LogP contribution in [0.2, 0.25) is 10.0 Å². The Morgan fingerprint density at radius 2 is 1.89 bits per heavy atom. The molecule has 0 unspecified atom stereocenters. The predicted molar refractivity (Wildman–Crippen MR) is 83.5 cm³/mol. The first-order valence-electron chi connectivity index (χ1n) is 5.19. The Balaban J connectivity index is 2.28. The lowest BCUT2D eigenvalue weighted by Crippen LogP contribution is -2.13. The van der Waals surface area contributed by atoms with Crippen molar-refractivity contribution in [3.8, 4) is 0 Å². The molecule has 0 saturated carbocycles. The number of rotatable bonds is 2. The summed E-state index contributed by atoms with van der Waals surface area (Å²) in [7, 11) is 0. The van der Waals surface area contributed by atoms with Crippen LogP contribution in [0, 0.1) is 9.39 Å². The van der Waals surface area contributed by atoms with Crippen LogP contribution in [0.15, 0.2) is 36.4 Å². The van der Waals surface area contributed by atoms with Crippen LogP contribution in [0.1, 0.15) is 10.4 Å². The van der Waals surface area contributed by atoms with Crippen LogP contribution in [0.5, 0.6) is 0 Å². The van der Waals surface area contributed by atoms with Crippen molar-refractivity contribution in [1.82, 2.24) is 0 Å². The van der Waals surface area contributed by atoms with Crippen LogP contribution < -0.4 is 5.32 Å². The van der Waals surface area contributed by atoms with Crippen molar-refractivity contribution in [3.05, 3.63) is 61.4 Å². The van der Waals surface area contributed by atoms with Crippen LogP contribution in [0.3, 0.4) is 0 Å². The highest BCUT2D eigenvalue weighted by atomic mass is 127. The Morgan fingerprint density at radius 1 is 1.16 bits per heavy atom. The third kappa shape index (κ3) is 3.58. The number of amides is 1. The van der Waals surface area contributed by atoms with Crippen LogP contribution >= 0.6 is 45.8 Å². The van der Waals surface area contributed by atoms with Crippen molar-refractivity contribution in [1.29, 1.82) is 0 Å². The average Bonchev–Trinajstić information content (AvgIpc) is 2.33. The quantitative estimate of drug-likeness (QED) is 0.695. The smallest absolute Gasteiger partial charge is 0.256 e. The van der Waals surface area contributed by atoms with E-state index in [0.29, 0.717) is 24.9 Å². The summed E-state index contributed by atoms with van der Waals surface area (Å²) in [5.41, 5.74) is 0.789. The number of anilines is 1. The molecule has 0 heterocycles. The van der Waals surface area contributed by atoms with Gasteiger partial charge in [0.15, 0.2) is 0 Å². The van der Waals surface area contributed by atoms with E-state index >= 15 is 0 Å². The van der Waals surface area contributed by atoms with E-state index in [2.05, 4.69) is 5.32 Å². The van der Waals surface area contributed by atoms with Gasteiger partial charge in [-0.3, -0.25) is 4.79 Å². The molecule has 0 radical (unpaired) electrons. The highest BCUT2D eigenvalue weighted by Crippen LogP contribution is 2.26. The van der Waals surface area contributed by atoms with E-state index in [9.17, 15) is 9.18 Å². The zero-order chi connectivity index (χ0) is 14.0. The molecule has 6 heteroatoms. The molecule has 0 bridgehead atoms. The number of carbonyl (C=O) groups is 1. The van der Waals surface area contributed by atoms with Gasteiger partial charge in [0.05, 0.1) is 16.3 Å². The lowest BCUT2D eigenvalue weighted by molar-refractivity contribution is 0.102. The number of halogens is 4. The van der Waals surface area contributed by atoms with Gasteiger partial charge in [-0.25, -0.2) is 4.39 Å². The monoisotopic (exact) mass is 409 g/mol. The summed E-state index contributed by atoms with van der Waals surface area (Å²) in [5.74, 6) is -0.754. The van der Waals surface area contributed by atoms with Crippen molar-refractivity contribution < 1.29 is 9.18 Å². The third-order valence-corrected chi connectivity index (χ3v) is 3.81. The van der Waals surface area contributed by atoms with E-state index in [4.69, 9.17) is 23.2 Å². The van der Waals surface area contributed by atoms with Crippen molar-refractivity contribution in [2.45, 2.75) is 0 Å². The van der Waals surface area contributed by atoms with Gasteiger partial charge < -0.3 is 5.32 Å². The number of hydrogen-bond acceptors (Lipinski definition) is 1. The Morgan fingerprint density at radius 3 is 2.58 bits per heavy atom. The molecular weight excluding hydrogens is 403 g/mol. The topological polar surface area (TPSA) is 29.1 Å². The molecular formula is C13H7Cl2FINO. The minimum atomic E-state index is -0.387. The molecule has 0 fully saturated rings. The van der Waals surface area contributed by atoms with Crippen LogP contribution in [0.25, 0.3) is 0 Å². The zero-order valence-electron chi connectivity index (χ0n) is 9.38. The van der Waals surface area contributed by atoms with Crippen LogP contribution in [0.4, 0.5) is 10.1 Å². The summed E-state index contributed by atoms with van der Waals surface area (Å²) >= 11 is 13.7. The van der Waals surface area contributed by atoms with Crippen molar-refractivity contribution in [2.75, 3.05) is 5.32 Å². The minimum Gasteiger partial charge on any atom is -0.321 e. The fraction of sp³-hybridized carbons (Fsp3) is 0. The highest BCUT2D eigenvalue weighted by Gasteiger charge is 2.12. The minimum absolute atomic E-state index is 0.367. The zero-order valence-corrected chi connectivity index (χ0v) is 13.1. The van der Waals surface area contributed by atoms with E-state index < -0.39 is 0 Å². The van der Waals surface area contributed by atoms with Crippen LogP contribution in [-0.2, 0) is 0 Å². The van der Waals surface area contributed by atoms with Gasteiger partial charge in [0.2, 0.25) is 0 Å². The Labute approximate surface area is 133 Å². The predicted octanol–water partition coefficient (Wildman–Crippen LogP) is 4.99. The molecule has 1 N–H and O–H groups in total. The van der Waals surface area contributed by atoms with E-state index in [0.717, 1.165) is 0 Å². The summed E-state index contributed by atoms with van der Waals surface area (Å²) in [6.45, 7) is 0. The number of benzene rings is 2. The third-order valence-electron chi connectivity index (χ3n) is 2.35. The number of hydrogen-bond donors (Lipinski definition) is 1. The molecule has 2 nitrogen and oxygen atoms in total. The standard InChI is InChI=1S/C13H7Cl2FINO/c14-7-1-4-10(15)12(5-7)18-13(19)9-3-2-8(16)6-11(9)17/h1-6H,(H,18,19). The van der Waals surface area contributed by atoms with E-state index in [-0.39, 0.29) is 11.7 Å². The summed E-state index contributed by atoms with van der Waals surface area (Å²) in [6.07, 6.45) is 0. The molecule has 0 aromatic heterocycles. The Kier molecular flexibility index (Phi) is 4.65. The average molecular weight is 410 g/mol. The lowest BCUT2D eigenvalue weighted by Gasteiger charge is -2.09. The second-order valence-corrected chi connectivity index (χ2v) is 5.71. The van der Waals surface area contributed by atoms with Gasteiger partial charge in [0.1, 0.15) is 5.82 Å². The molecule has 0 aliphatic heterocycles. The summed E-state index contributed by atoms with van der Waals surface area (Å²) in [4.78, 5) is 12.1. The molecule has 0 aliphatic rings. The highest BCUT2D eigenvalue weighted by molar-refractivity contribution is 14.1. The largest absolute Gasteiger partial charge is 0.321 e. The fourth-order valence-electron chi connectivity index (χ4n) is 1.46. The maximum absolute atomic E-state index is 13.0. The molecule has 2 aromatic carbocycles. The molecule has 0 saturated heterocycles. The Bertz CT molecular complexity index is 649. The molecule has 1 amide bonds. The first kappa shape index (κ1) is 14.6. The first-order valence-corrected chi connectivity index (χ1v) is 7.02. The van der Waals surface area contributed by atoms with Crippen molar-refractivity contribution in [2.24, 2.45) is 0 Å². The molecule has 2 aromatic rings. The van der Waals surface area contributed by atoms with Crippen molar-refractivity contribution >= 4 is 57.4 Å². The summed E-state index contributed by atoms with van der Waals surface area (Å²) < 4.78 is 13.5. The second kappa shape index (κ2) is 6.07. The van der Waals surface area contributed by atoms with Gasteiger partial charge in [-0.2, -0.15) is 0 Å². The lowest BCUT2D eigenvalue weighted by atomic mass is 10.2. The molecule has 0 spiro atoms. The van der Waals surface area contributed by atoms with Gasteiger partial charge in [-0.05, 0) is 59.0 Å². The van der Waals surface area contributed by atoms with Gasteiger partial charge in [0.25, 0.3) is 5.91 Å². The molecule has 98 valence electrons. The molecule has 19 heavy (non-hydrogen) atoms. The summed E-state index contributed by atoms with van der Waals surface area (Å²) in [5, 5.41) is 3.50. The van der Waals surface area contributed by atoms with Gasteiger partial charge >= 0.3 is 0 Å². The molecule has 0 aliphatic carbocycles. The SMILES string of the molecule is O=C(Nc1cc(Cl)ccc1Cl)c1ccc(F)cc1I. The maximum atomic E-state index is 13.0.